The molecule has 0 aliphatic carbocycles. The lowest BCUT2D eigenvalue weighted by molar-refractivity contribution is -0.117. The summed E-state index contributed by atoms with van der Waals surface area (Å²) >= 11 is 0. The molecule has 144 valence electrons. The number of hydrogen-bond acceptors (Lipinski definition) is 3. The summed E-state index contributed by atoms with van der Waals surface area (Å²) in [5, 5.41) is 10.3. The van der Waals surface area contributed by atoms with Gasteiger partial charge in [0.05, 0.1) is 11.7 Å². The SMILES string of the molecule is CC(=O)N1c2ccc(-c3cc[nH]n3)cc2[C@H](Nc2ccc(F)c(F)c2)C[C@@H]1C. The number of amides is 1. The van der Waals surface area contributed by atoms with E-state index in [9.17, 15) is 13.6 Å². The number of aromatic amines is 1. The molecule has 2 N–H and O–H groups in total. The van der Waals surface area contributed by atoms with Gasteiger partial charge >= 0.3 is 0 Å². The predicted octanol–water partition coefficient (Wildman–Crippen LogP) is 4.65. The van der Waals surface area contributed by atoms with E-state index in [2.05, 4.69) is 15.5 Å². The molecule has 0 spiro atoms. The highest BCUT2D eigenvalue weighted by molar-refractivity contribution is 5.94. The van der Waals surface area contributed by atoms with Crippen LogP contribution in [0.25, 0.3) is 11.3 Å². The summed E-state index contributed by atoms with van der Waals surface area (Å²) in [6, 6.07) is 11.3. The summed E-state index contributed by atoms with van der Waals surface area (Å²) < 4.78 is 26.9. The van der Waals surface area contributed by atoms with E-state index in [-0.39, 0.29) is 18.0 Å². The fourth-order valence-electron chi connectivity index (χ4n) is 3.85. The maximum Gasteiger partial charge on any atom is 0.224 e. The molecule has 0 saturated carbocycles. The molecule has 0 unspecified atom stereocenters. The summed E-state index contributed by atoms with van der Waals surface area (Å²) in [4.78, 5) is 14.0. The van der Waals surface area contributed by atoms with Crippen LogP contribution in [0.2, 0.25) is 0 Å². The number of aromatic nitrogens is 2. The number of halogens is 2. The maximum absolute atomic E-state index is 13.6. The topological polar surface area (TPSA) is 61.0 Å². The second kappa shape index (κ2) is 7.07. The minimum Gasteiger partial charge on any atom is -0.378 e. The van der Waals surface area contributed by atoms with Gasteiger partial charge < -0.3 is 10.2 Å². The fourth-order valence-corrected chi connectivity index (χ4v) is 3.85. The molecule has 2 heterocycles. The average molecular weight is 382 g/mol. The van der Waals surface area contributed by atoms with Crippen LogP contribution >= 0.6 is 0 Å². The Morgan fingerprint density at radius 2 is 2.00 bits per heavy atom. The van der Waals surface area contributed by atoms with Gasteiger partial charge in [-0.1, -0.05) is 6.07 Å². The molecule has 0 fully saturated rings. The number of hydrogen-bond donors (Lipinski definition) is 2. The van der Waals surface area contributed by atoms with Gasteiger partial charge in [-0.2, -0.15) is 5.10 Å². The molecular weight excluding hydrogens is 362 g/mol. The zero-order valence-electron chi connectivity index (χ0n) is 15.5. The summed E-state index contributed by atoms with van der Waals surface area (Å²) in [5.41, 5.74) is 3.92. The first kappa shape index (κ1) is 18.2. The molecule has 2 aromatic carbocycles. The van der Waals surface area contributed by atoms with Gasteiger partial charge in [0.1, 0.15) is 0 Å². The Kier molecular flexibility index (Phi) is 4.58. The van der Waals surface area contributed by atoms with E-state index in [0.29, 0.717) is 12.1 Å². The zero-order valence-corrected chi connectivity index (χ0v) is 15.5. The number of benzene rings is 2. The Labute approximate surface area is 161 Å². The van der Waals surface area contributed by atoms with E-state index < -0.39 is 11.6 Å². The highest BCUT2D eigenvalue weighted by Gasteiger charge is 2.32. The first-order valence-electron chi connectivity index (χ1n) is 9.09. The summed E-state index contributed by atoms with van der Waals surface area (Å²) in [5.74, 6) is -1.82. The third-order valence-electron chi connectivity index (χ3n) is 5.08. The Bertz CT molecular complexity index is 1020. The molecule has 0 bridgehead atoms. The standard InChI is InChI=1S/C21H20F2N4O/c1-12-9-20(25-15-4-5-17(22)18(23)11-15)16-10-14(19-7-8-24-26-19)3-6-21(16)27(12)13(2)28/h3-8,10-12,20,25H,9H2,1-2H3,(H,24,26)/t12-,20+/m0/s1. The second-order valence-corrected chi connectivity index (χ2v) is 7.03. The summed E-state index contributed by atoms with van der Waals surface area (Å²) in [6.07, 6.45) is 2.38. The fraction of sp³-hybridized carbons (Fsp3) is 0.238. The lowest BCUT2D eigenvalue weighted by atomic mass is 9.89. The van der Waals surface area contributed by atoms with E-state index >= 15 is 0 Å². The number of nitrogens with zero attached hydrogens (tertiary/aromatic N) is 2. The van der Waals surface area contributed by atoms with Gasteiger partial charge in [0.15, 0.2) is 11.6 Å². The van der Waals surface area contributed by atoms with Crippen molar-refractivity contribution < 1.29 is 13.6 Å². The molecule has 0 saturated heterocycles. The highest BCUT2D eigenvalue weighted by Crippen LogP contribution is 2.41. The van der Waals surface area contributed by atoms with Crippen LogP contribution in [0.5, 0.6) is 0 Å². The van der Waals surface area contributed by atoms with E-state index in [1.54, 1.807) is 18.0 Å². The number of carbonyl (C=O) groups excluding carboxylic acids is 1. The number of fused-ring (bicyclic) bond motifs is 1. The van der Waals surface area contributed by atoms with Gasteiger partial charge in [0.2, 0.25) is 5.91 Å². The Morgan fingerprint density at radius 3 is 2.68 bits per heavy atom. The van der Waals surface area contributed by atoms with E-state index in [1.807, 2.05) is 31.2 Å². The van der Waals surface area contributed by atoms with Crippen molar-refractivity contribution in [3.8, 4) is 11.3 Å². The number of nitrogens with one attached hydrogen (secondary N) is 2. The van der Waals surface area contributed by atoms with Gasteiger partial charge in [-0.25, -0.2) is 8.78 Å². The molecule has 7 heteroatoms. The minimum absolute atomic E-state index is 0.0347. The molecule has 1 amide bonds. The minimum atomic E-state index is -0.898. The van der Waals surface area contributed by atoms with Crippen LogP contribution in [0.3, 0.4) is 0 Å². The van der Waals surface area contributed by atoms with Crippen LogP contribution in [0.1, 0.15) is 31.9 Å². The van der Waals surface area contributed by atoms with Crippen molar-refractivity contribution in [2.45, 2.75) is 32.4 Å². The van der Waals surface area contributed by atoms with Crippen LogP contribution in [0.15, 0.2) is 48.7 Å². The third kappa shape index (κ3) is 3.24. The van der Waals surface area contributed by atoms with Crippen molar-refractivity contribution >= 4 is 17.3 Å². The molecule has 1 aliphatic heterocycles. The predicted molar refractivity (Wildman–Crippen MR) is 104 cm³/mol. The van der Waals surface area contributed by atoms with Crippen molar-refractivity contribution in [1.29, 1.82) is 0 Å². The number of H-pyrrole nitrogens is 1. The van der Waals surface area contributed by atoms with Gasteiger partial charge in [-0.15, -0.1) is 0 Å². The molecular formula is C21H20F2N4O. The van der Waals surface area contributed by atoms with E-state index in [4.69, 9.17) is 0 Å². The van der Waals surface area contributed by atoms with Crippen molar-refractivity contribution in [2.75, 3.05) is 10.2 Å². The lowest BCUT2D eigenvalue weighted by Gasteiger charge is -2.39. The zero-order chi connectivity index (χ0) is 19.8. The van der Waals surface area contributed by atoms with Crippen molar-refractivity contribution in [2.24, 2.45) is 0 Å². The molecule has 4 rings (SSSR count). The monoisotopic (exact) mass is 382 g/mol. The van der Waals surface area contributed by atoms with E-state index in [1.165, 1.54) is 6.07 Å². The van der Waals surface area contributed by atoms with Gasteiger partial charge in [-0.3, -0.25) is 9.89 Å². The first-order valence-corrected chi connectivity index (χ1v) is 9.09. The Hall–Kier alpha value is -3.22. The second-order valence-electron chi connectivity index (χ2n) is 7.03. The molecule has 2 atom stereocenters. The number of rotatable bonds is 3. The Morgan fingerprint density at radius 1 is 1.18 bits per heavy atom. The van der Waals surface area contributed by atoms with Crippen LogP contribution in [-0.4, -0.2) is 22.1 Å². The van der Waals surface area contributed by atoms with Gasteiger partial charge in [0.25, 0.3) is 0 Å². The summed E-state index contributed by atoms with van der Waals surface area (Å²) in [7, 11) is 0. The Balaban J connectivity index is 1.77. The van der Waals surface area contributed by atoms with Gasteiger partial charge in [0, 0.05) is 42.2 Å². The number of anilines is 2. The quantitative estimate of drug-likeness (QED) is 0.693. The lowest BCUT2D eigenvalue weighted by Crippen LogP contribution is -2.43. The van der Waals surface area contributed by atoms with Crippen LogP contribution in [0.4, 0.5) is 20.2 Å². The summed E-state index contributed by atoms with van der Waals surface area (Å²) in [6.45, 7) is 3.52. The van der Waals surface area contributed by atoms with Crippen LogP contribution in [0, 0.1) is 11.6 Å². The molecule has 28 heavy (non-hydrogen) atoms. The van der Waals surface area contributed by atoms with Crippen LogP contribution < -0.4 is 10.2 Å². The molecule has 1 aliphatic rings. The normalized spacial score (nSPS) is 18.6. The van der Waals surface area contributed by atoms with Crippen LogP contribution in [-0.2, 0) is 4.79 Å². The smallest absolute Gasteiger partial charge is 0.224 e. The molecule has 1 aromatic heterocycles. The van der Waals surface area contributed by atoms with Gasteiger partial charge in [-0.05, 0) is 49.2 Å². The number of carbonyl (C=O) groups is 1. The van der Waals surface area contributed by atoms with Crippen molar-refractivity contribution in [3.63, 3.8) is 0 Å². The molecule has 3 aromatic rings. The average Bonchev–Trinajstić information content (AvgIpc) is 3.19. The van der Waals surface area contributed by atoms with Crippen molar-refractivity contribution in [3.05, 3.63) is 65.9 Å². The van der Waals surface area contributed by atoms with E-state index in [0.717, 1.165) is 34.6 Å². The highest BCUT2D eigenvalue weighted by atomic mass is 19.2. The first-order chi connectivity index (χ1) is 13.4. The third-order valence-corrected chi connectivity index (χ3v) is 5.08. The molecule has 0 radical (unpaired) electrons. The largest absolute Gasteiger partial charge is 0.378 e. The maximum atomic E-state index is 13.6. The molecule has 5 nitrogen and oxygen atoms in total. The van der Waals surface area contributed by atoms with Crippen molar-refractivity contribution in [1.82, 2.24) is 10.2 Å².